The average molecular weight is 436 g/mol. The van der Waals surface area contributed by atoms with Gasteiger partial charge >= 0.3 is 0 Å². The minimum atomic E-state index is 0.0625. The zero-order chi connectivity index (χ0) is 19.7. The fourth-order valence-corrected chi connectivity index (χ4v) is 3.40. The highest BCUT2D eigenvalue weighted by Gasteiger charge is 2.18. The van der Waals surface area contributed by atoms with Crippen LogP contribution in [0.2, 0.25) is 0 Å². The predicted molar refractivity (Wildman–Crippen MR) is 117 cm³/mol. The molecule has 4 aromatic rings. The third-order valence-corrected chi connectivity index (χ3v) is 5.16. The summed E-state index contributed by atoms with van der Waals surface area (Å²) in [6, 6.07) is 22.2. The summed E-state index contributed by atoms with van der Waals surface area (Å²) in [5.41, 5.74) is 4.87. The molecule has 3 aromatic carbocycles. The van der Waals surface area contributed by atoms with Crippen molar-refractivity contribution >= 4 is 27.0 Å². The van der Waals surface area contributed by atoms with Gasteiger partial charge in [0.15, 0.2) is 5.58 Å². The van der Waals surface area contributed by atoms with Crippen molar-refractivity contribution in [3.8, 4) is 17.2 Å². The lowest BCUT2D eigenvalue weighted by Crippen LogP contribution is -2.10. The highest BCUT2D eigenvalue weighted by Crippen LogP contribution is 2.35. The lowest BCUT2D eigenvalue weighted by molar-refractivity contribution is 0.306. The largest absolute Gasteiger partial charge is 0.488 e. The lowest BCUT2D eigenvalue weighted by atomic mass is 9.87. The van der Waals surface area contributed by atoms with Crippen LogP contribution in [0.4, 0.5) is 0 Å². The van der Waals surface area contributed by atoms with Gasteiger partial charge in [0.05, 0.1) is 5.56 Å². The summed E-state index contributed by atoms with van der Waals surface area (Å²) in [5.74, 6) is 1.31. The predicted octanol–water partition coefficient (Wildman–Crippen LogP) is 7.13. The van der Waals surface area contributed by atoms with Gasteiger partial charge in [-0.1, -0.05) is 73.1 Å². The van der Waals surface area contributed by atoms with E-state index in [9.17, 15) is 0 Å². The van der Waals surface area contributed by atoms with E-state index < -0.39 is 0 Å². The van der Waals surface area contributed by atoms with Gasteiger partial charge in [0, 0.05) is 4.47 Å². The molecule has 0 spiro atoms. The molecular formula is C24H22BrNO2. The van der Waals surface area contributed by atoms with Gasteiger partial charge in [0.25, 0.3) is 0 Å². The summed E-state index contributed by atoms with van der Waals surface area (Å²) in [5, 5.41) is 0. The van der Waals surface area contributed by atoms with Crippen molar-refractivity contribution in [2.45, 2.75) is 32.8 Å². The zero-order valence-electron chi connectivity index (χ0n) is 16.2. The van der Waals surface area contributed by atoms with Gasteiger partial charge in [-0.3, -0.25) is 0 Å². The first-order valence-corrected chi connectivity index (χ1v) is 10.1. The third kappa shape index (κ3) is 3.97. The van der Waals surface area contributed by atoms with Gasteiger partial charge in [0.2, 0.25) is 5.89 Å². The van der Waals surface area contributed by atoms with Crippen LogP contribution in [0.1, 0.15) is 31.9 Å². The molecule has 0 bridgehead atoms. The summed E-state index contributed by atoms with van der Waals surface area (Å²) in [7, 11) is 0. The first-order valence-electron chi connectivity index (χ1n) is 9.28. The monoisotopic (exact) mass is 435 g/mol. The van der Waals surface area contributed by atoms with Crippen LogP contribution in [0.15, 0.2) is 75.6 Å². The Balaban J connectivity index is 1.70. The van der Waals surface area contributed by atoms with Crippen LogP contribution in [0, 0.1) is 0 Å². The Morgan fingerprint density at radius 2 is 1.75 bits per heavy atom. The molecule has 0 aliphatic rings. The van der Waals surface area contributed by atoms with Crippen LogP contribution in [0.25, 0.3) is 22.6 Å². The molecule has 0 N–H and O–H groups in total. The molecule has 28 heavy (non-hydrogen) atoms. The zero-order valence-corrected chi connectivity index (χ0v) is 17.8. The van der Waals surface area contributed by atoms with Gasteiger partial charge in [0.1, 0.15) is 17.9 Å². The van der Waals surface area contributed by atoms with E-state index >= 15 is 0 Å². The first-order chi connectivity index (χ1) is 13.4. The van der Waals surface area contributed by atoms with E-state index in [1.165, 1.54) is 5.56 Å². The van der Waals surface area contributed by atoms with Crippen molar-refractivity contribution < 1.29 is 9.15 Å². The van der Waals surface area contributed by atoms with Crippen LogP contribution in [-0.2, 0) is 12.0 Å². The number of rotatable bonds is 4. The fourth-order valence-electron chi connectivity index (χ4n) is 3.04. The summed E-state index contributed by atoms with van der Waals surface area (Å²) in [6.45, 7) is 7.07. The molecule has 4 heteroatoms. The van der Waals surface area contributed by atoms with Gasteiger partial charge in [-0.25, -0.2) is 4.98 Å². The Kier molecular flexibility index (Phi) is 4.98. The Morgan fingerprint density at radius 1 is 0.964 bits per heavy atom. The van der Waals surface area contributed by atoms with Gasteiger partial charge in [-0.05, 0) is 46.9 Å². The number of oxazole rings is 1. The summed E-state index contributed by atoms with van der Waals surface area (Å²) < 4.78 is 13.1. The van der Waals surface area contributed by atoms with E-state index in [0.717, 1.165) is 32.4 Å². The molecule has 0 fully saturated rings. The average Bonchev–Trinajstić information content (AvgIpc) is 3.10. The normalized spacial score (nSPS) is 11.7. The van der Waals surface area contributed by atoms with Crippen molar-refractivity contribution in [1.82, 2.24) is 4.98 Å². The molecule has 0 saturated carbocycles. The fraction of sp³-hybridized carbons (Fsp3) is 0.208. The SMILES string of the molecule is CC(C)(C)c1ccc2oc(-c3cc(Br)ccc3OCc3ccccc3)nc2c1. The van der Waals surface area contributed by atoms with Crippen molar-refractivity contribution in [2.75, 3.05) is 0 Å². The third-order valence-electron chi connectivity index (χ3n) is 4.66. The second kappa shape index (κ2) is 7.44. The van der Waals surface area contributed by atoms with Crippen LogP contribution >= 0.6 is 15.9 Å². The Bertz CT molecular complexity index is 1110. The van der Waals surface area contributed by atoms with E-state index in [1.807, 2.05) is 54.6 Å². The summed E-state index contributed by atoms with van der Waals surface area (Å²) in [4.78, 5) is 4.75. The van der Waals surface area contributed by atoms with Crippen LogP contribution in [-0.4, -0.2) is 4.98 Å². The van der Waals surface area contributed by atoms with Crippen LogP contribution < -0.4 is 4.74 Å². The number of fused-ring (bicyclic) bond motifs is 1. The van der Waals surface area contributed by atoms with Gasteiger partial charge in [-0.2, -0.15) is 0 Å². The van der Waals surface area contributed by atoms with Gasteiger partial charge < -0.3 is 9.15 Å². The first kappa shape index (κ1) is 18.8. The van der Waals surface area contributed by atoms with E-state index in [2.05, 4.69) is 48.8 Å². The minimum Gasteiger partial charge on any atom is -0.488 e. The maximum absolute atomic E-state index is 6.09. The molecule has 1 heterocycles. The molecule has 1 aromatic heterocycles. The van der Waals surface area contributed by atoms with Crippen molar-refractivity contribution in [3.63, 3.8) is 0 Å². The molecule has 0 unspecified atom stereocenters. The van der Waals surface area contributed by atoms with Crippen molar-refractivity contribution in [1.29, 1.82) is 0 Å². The van der Waals surface area contributed by atoms with Crippen LogP contribution in [0.3, 0.4) is 0 Å². The Hall–Kier alpha value is -2.59. The molecule has 142 valence electrons. The number of hydrogen-bond acceptors (Lipinski definition) is 3. The van der Waals surface area contributed by atoms with E-state index in [0.29, 0.717) is 12.5 Å². The lowest BCUT2D eigenvalue weighted by Gasteiger charge is -2.18. The smallest absolute Gasteiger partial charge is 0.231 e. The topological polar surface area (TPSA) is 35.3 Å². The number of hydrogen-bond donors (Lipinski definition) is 0. The molecule has 0 aliphatic carbocycles. The Labute approximate surface area is 173 Å². The maximum atomic E-state index is 6.09. The highest BCUT2D eigenvalue weighted by atomic mass is 79.9. The standard InChI is InChI=1S/C24H22BrNO2/c1-24(2,3)17-9-11-22-20(13-17)26-23(28-22)19-14-18(25)10-12-21(19)27-15-16-7-5-4-6-8-16/h4-14H,15H2,1-3H3. The molecule has 0 amide bonds. The maximum Gasteiger partial charge on any atom is 0.231 e. The second-order valence-corrected chi connectivity index (χ2v) is 8.78. The summed E-state index contributed by atoms with van der Waals surface area (Å²) in [6.07, 6.45) is 0. The Morgan fingerprint density at radius 3 is 2.50 bits per heavy atom. The molecule has 4 rings (SSSR count). The van der Waals surface area contributed by atoms with Crippen molar-refractivity contribution in [3.05, 3.63) is 82.3 Å². The van der Waals surface area contributed by atoms with E-state index in [-0.39, 0.29) is 5.41 Å². The molecule has 0 saturated heterocycles. The minimum absolute atomic E-state index is 0.0625. The molecular weight excluding hydrogens is 414 g/mol. The number of aromatic nitrogens is 1. The number of ether oxygens (including phenoxy) is 1. The second-order valence-electron chi connectivity index (χ2n) is 7.87. The molecule has 0 aliphatic heterocycles. The van der Waals surface area contributed by atoms with E-state index in [1.54, 1.807) is 0 Å². The van der Waals surface area contributed by atoms with Crippen molar-refractivity contribution in [2.24, 2.45) is 0 Å². The quantitative estimate of drug-likeness (QED) is 0.341. The molecule has 0 radical (unpaired) electrons. The highest BCUT2D eigenvalue weighted by molar-refractivity contribution is 9.10. The van der Waals surface area contributed by atoms with Crippen LogP contribution in [0.5, 0.6) is 5.75 Å². The number of benzene rings is 3. The summed E-state index contributed by atoms with van der Waals surface area (Å²) >= 11 is 3.55. The van der Waals surface area contributed by atoms with E-state index in [4.69, 9.17) is 14.1 Å². The molecule has 3 nitrogen and oxygen atoms in total. The number of halogens is 1. The van der Waals surface area contributed by atoms with Gasteiger partial charge in [-0.15, -0.1) is 0 Å². The molecule has 0 atom stereocenters. The number of nitrogens with zero attached hydrogens (tertiary/aromatic N) is 1.